The quantitative estimate of drug-likeness (QED) is 0.851. The maximum atomic E-state index is 12.4. The van der Waals surface area contributed by atoms with Gasteiger partial charge < -0.3 is 10.6 Å². The Morgan fingerprint density at radius 3 is 2.61 bits per heavy atom. The molecule has 4 heteroatoms. The van der Waals surface area contributed by atoms with E-state index in [0.29, 0.717) is 12.3 Å². The highest BCUT2D eigenvalue weighted by Gasteiger charge is 2.29. The smallest absolute Gasteiger partial charge is 0.220 e. The molecule has 23 heavy (non-hydrogen) atoms. The van der Waals surface area contributed by atoms with Crippen molar-refractivity contribution in [2.75, 3.05) is 13.1 Å². The fourth-order valence-electron chi connectivity index (χ4n) is 3.20. The second kappa shape index (κ2) is 8.70. The lowest BCUT2D eigenvalue weighted by atomic mass is 9.80. The van der Waals surface area contributed by atoms with Crippen molar-refractivity contribution in [3.63, 3.8) is 0 Å². The lowest BCUT2D eigenvalue weighted by molar-refractivity contribution is -0.122. The number of halogens is 1. The van der Waals surface area contributed by atoms with Crippen molar-refractivity contribution >= 4 is 18.3 Å². The number of rotatable bonds is 5. The van der Waals surface area contributed by atoms with Crippen LogP contribution in [0.15, 0.2) is 24.3 Å². The van der Waals surface area contributed by atoms with E-state index in [1.165, 1.54) is 17.5 Å². The third-order valence-corrected chi connectivity index (χ3v) is 4.61. The van der Waals surface area contributed by atoms with E-state index in [9.17, 15) is 4.79 Å². The summed E-state index contributed by atoms with van der Waals surface area (Å²) in [5.41, 5.74) is 2.46. The molecular weight excluding hydrogens is 308 g/mol. The molecule has 2 unspecified atom stereocenters. The summed E-state index contributed by atoms with van der Waals surface area (Å²) in [4.78, 5) is 12.4. The van der Waals surface area contributed by atoms with Crippen LogP contribution in [-0.4, -0.2) is 19.0 Å². The number of nitrogens with one attached hydrogen (secondary N) is 2. The number of carbonyl (C=O) groups is 1. The average molecular weight is 339 g/mol. The Morgan fingerprint density at radius 2 is 2.04 bits per heavy atom. The summed E-state index contributed by atoms with van der Waals surface area (Å²) in [6.45, 7) is 10.8. The average Bonchev–Trinajstić information content (AvgIpc) is 2.95. The zero-order valence-corrected chi connectivity index (χ0v) is 15.6. The molecule has 1 aromatic rings. The van der Waals surface area contributed by atoms with E-state index in [-0.39, 0.29) is 29.8 Å². The lowest BCUT2D eigenvalue weighted by Gasteiger charge is -2.33. The van der Waals surface area contributed by atoms with Crippen LogP contribution in [0.2, 0.25) is 0 Å². The van der Waals surface area contributed by atoms with E-state index >= 15 is 0 Å². The molecule has 0 aromatic heterocycles. The highest BCUT2D eigenvalue weighted by Crippen LogP contribution is 2.34. The van der Waals surface area contributed by atoms with Crippen LogP contribution in [0.4, 0.5) is 0 Å². The molecule has 2 rings (SSSR count). The van der Waals surface area contributed by atoms with Gasteiger partial charge in [-0.05, 0) is 55.3 Å². The molecule has 1 aromatic carbocycles. The molecule has 3 nitrogen and oxygen atoms in total. The van der Waals surface area contributed by atoms with Gasteiger partial charge in [0.25, 0.3) is 0 Å². The van der Waals surface area contributed by atoms with Crippen LogP contribution in [0.25, 0.3) is 0 Å². The lowest BCUT2D eigenvalue weighted by Crippen LogP contribution is -2.37. The van der Waals surface area contributed by atoms with Crippen LogP contribution in [0, 0.1) is 18.3 Å². The van der Waals surface area contributed by atoms with Crippen molar-refractivity contribution in [1.29, 1.82) is 0 Å². The van der Waals surface area contributed by atoms with E-state index in [0.717, 1.165) is 19.5 Å². The zero-order chi connectivity index (χ0) is 16.2. The maximum Gasteiger partial charge on any atom is 0.220 e. The normalized spacial score (nSPS) is 19.0. The SMILES string of the molecule is Cc1ccccc1C(NC(=O)CCC1CCNC1)C(C)(C)C.Cl. The zero-order valence-electron chi connectivity index (χ0n) is 14.8. The van der Waals surface area contributed by atoms with Gasteiger partial charge in [0.2, 0.25) is 5.91 Å². The molecule has 0 bridgehead atoms. The standard InChI is InChI=1S/C19H30N2O.ClH/c1-14-7-5-6-8-16(14)18(19(2,3)4)21-17(22)10-9-15-11-12-20-13-15;/h5-8,15,18,20H,9-13H2,1-4H3,(H,21,22);1H. The monoisotopic (exact) mass is 338 g/mol. The molecule has 1 heterocycles. The van der Waals surface area contributed by atoms with Crippen LogP contribution >= 0.6 is 12.4 Å². The summed E-state index contributed by atoms with van der Waals surface area (Å²) in [5, 5.41) is 6.64. The Bertz CT molecular complexity index is 504. The number of hydrogen-bond acceptors (Lipinski definition) is 2. The molecular formula is C19H31ClN2O. The fraction of sp³-hybridized carbons (Fsp3) is 0.632. The summed E-state index contributed by atoms with van der Waals surface area (Å²) in [6.07, 6.45) is 2.82. The van der Waals surface area contributed by atoms with Crippen molar-refractivity contribution in [3.8, 4) is 0 Å². The summed E-state index contributed by atoms with van der Waals surface area (Å²) >= 11 is 0. The first kappa shape index (κ1) is 20.0. The van der Waals surface area contributed by atoms with E-state index in [1.807, 2.05) is 6.07 Å². The van der Waals surface area contributed by atoms with Crippen LogP contribution in [0.3, 0.4) is 0 Å². The van der Waals surface area contributed by atoms with E-state index < -0.39 is 0 Å². The summed E-state index contributed by atoms with van der Waals surface area (Å²) in [7, 11) is 0. The van der Waals surface area contributed by atoms with E-state index in [2.05, 4.69) is 56.5 Å². The summed E-state index contributed by atoms with van der Waals surface area (Å²) in [5.74, 6) is 0.840. The van der Waals surface area contributed by atoms with Gasteiger partial charge in [-0.3, -0.25) is 4.79 Å². The van der Waals surface area contributed by atoms with Crippen molar-refractivity contribution in [3.05, 3.63) is 35.4 Å². The molecule has 2 atom stereocenters. The Labute approximate surface area is 147 Å². The molecule has 1 aliphatic rings. The van der Waals surface area contributed by atoms with Gasteiger partial charge in [0.15, 0.2) is 0 Å². The molecule has 1 amide bonds. The second-order valence-electron chi connectivity index (χ2n) is 7.62. The third-order valence-electron chi connectivity index (χ3n) is 4.61. The van der Waals surface area contributed by atoms with Gasteiger partial charge in [-0.15, -0.1) is 12.4 Å². The number of aryl methyl sites for hydroxylation is 1. The van der Waals surface area contributed by atoms with Crippen molar-refractivity contribution < 1.29 is 4.79 Å². The van der Waals surface area contributed by atoms with Crippen molar-refractivity contribution in [2.24, 2.45) is 11.3 Å². The number of amides is 1. The predicted molar refractivity (Wildman–Crippen MR) is 99.0 cm³/mol. The van der Waals surface area contributed by atoms with Gasteiger partial charge in [-0.25, -0.2) is 0 Å². The molecule has 0 spiro atoms. The molecule has 0 saturated carbocycles. The van der Waals surface area contributed by atoms with Gasteiger partial charge >= 0.3 is 0 Å². The molecule has 0 radical (unpaired) electrons. The first-order valence-corrected chi connectivity index (χ1v) is 8.43. The highest BCUT2D eigenvalue weighted by molar-refractivity contribution is 5.85. The minimum absolute atomic E-state index is 0. The Kier molecular flexibility index (Phi) is 7.56. The molecule has 0 aliphatic carbocycles. The number of hydrogen-bond donors (Lipinski definition) is 2. The predicted octanol–water partition coefficient (Wildman–Crippen LogP) is 4.01. The highest BCUT2D eigenvalue weighted by atomic mass is 35.5. The summed E-state index contributed by atoms with van der Waals surface area (Å²) < 4.78 is 0. The minimum Gasteiger partial charge on any atom is -0.349 e. The molecule has 130 valence electrons. The Morgan fingerprint density at radius 1 is 1.35 bits per heavy atom. The fourth-order valence-corrected chi connectivity index (χ4v) is 3.20. The largest absolute Gasteiger partial charge is 0.349 e. The Balaban J connectivity index is 0.00000264. The molecule has 2 N–H and O–H groups in total. The van der Waals surface area contributed by atoms with Crippen molar-refractivity contribution in [2.45, 2.75) is 53.0 Å². The van der Waals surface area contributed by atoms with Crippen LogP contribution in [0.1, 0.15) is 57.2 Å². The number of benzene rings is 1. The topological polar surface area (TPSA) is 41.1 Å². The second-order valence-corrected chi connectivity index (χ2v) is 7.62. The van der Waals surface area contributed by atoms with Gasteiger partial charge in [-0.2, -0.15) is 0 Å². The molecule has 1 fully saturated rings. The first-order chi connectivity index (χ1) is 10.4. The van der Waals surface area contributed by atoms with Gasteiger partial charge in [0.05, 0.1) is 6.04 Å². The van der Waals surface area contributed by atoms with E-state index in [4.69, 9.17) is 0 Å². The van der Waals surface area contributed by atoms with Crippen LogP contribution in [-0.2, 0) is 4.79 Å². The van der Waals surface area contributed by atoms with Crippen LogP contribution in [0.5, 0.6) is 0 Å². The third kappa shape index (κ3) is 5.82. The van der Waals surface area contributed by atoms with Crippen molar-refractivity contribution in [1.82, 2.24) is 10.6 Å². The van der Waals surface area contributed by atoms with E-state index in [1.54, 1.807) is 0 Å². The Hall–Kier alpha value is -1.06. The first-order valence-electron chi connectivity index (χ1n) is 8.43. The summed E-state index contributed by atoms with van der Waals surface area (Å²) in [6, 6.07) is 8.41. The van der Waals surface area contributed by atoms with Gasteiger partial charge in [-0.1, -0.05) is 45.0 Å². The minimum atomic E-state index is -0.00329. The van der Waals surface area contributed by atoms with Gasteiger partial charge in [0, 0.05) is 6.42 Å². The van der Waals surface area contributed by atoms with Gasteiger partial charge in [0.1, 0.15) is 0 Å². The molecule has 1 saturated heterocycles. The molecule has 1 aliphatic heterocycles. The maximum absolute atomic E-state index is 12.4. The van der Waals surface area contributed by atoms with Crippen LogP contribution < -0.4 is 10.6 Å². The number of carbonyl (C=O) groups excluding carboxylic acids is 1.